The Balaban J connectivity index is 0.824. The number of hydrogen-bond donors (Lipinski definition) is 0. The Bertz CT molecular complexity index is 4640. The minimum atomic E-state index is 0.683. The quantitative estimate of drug-likeness (QED) is 0.152. The van der Waals surface area contributed by atoms with Crippen molar-refractivity contribution in [1.82, 2.24) is 9.97 Å². The molecule has 0 spiro atoms. The summed E-state index contributed by atoms with van der Waals surface area (Å²) in [5.41, 5.74) is 20.8. The standard InChI is InChI=1S/C70H44N2OS2/c1-5-15-43(16-6-1)48-28-31-64-58(35-48)60-40-54(45-19-9-3-10-20-45)38-56(69(60)74-64)51-24-13-23-47(33-51)50-27-30-63-62(37-50)67-68(73-63)66(71-42-72-67)53-26-14-25-52(34-53)57-39-55(46-21-11-4-12-22-46)41-61-59-36-49(44-17-7-2-8-18-44)29-32-65(59)75-70(57)61/h1-3,5-11,13-42H,4,12H2. The fourth-order valence-electron chi connectivity index (χ4n) is 11.3. The van der Waals surface area contributed by atoms with Crippen molar-refractivity contribution in [2.45, 2.75) is 12.8 Å². The summed E-state index contributed by atoms with van der Waals surface area (Å²) >= 11 is 3.74. The van der Waals surface area contributed by atoms with Crippen molar-refractivity contribution in [3.05, 3.63) is 249 Å². The maximum absolute atomic E-state index is 6.76. The number of aromatic nitrogens is 2. The molecule has 14 aromatic rings. The van der Waals surface area contributed by atoms with Crippen molar-refractivity contribution in [2.24, 2.45) is 0 Å². The Labute approximate surface area is 441 Å². The Morgan fingerprint density at radius 3 is 1.48 bits per heavy atom. The highest BCUT2D eigenvalue weighted by Crippen LogP contribution is 2.47. The van der Waals surface area contributed by atoms with E-state index in [0.29, 0.717) is 5.58 Å². The molecular weight excluding hydrogens is 949 g/mol. The molecule has 5 heteroatoms. The molecule has 3 nitrogen and oxygen atoms in total. The zero-order valence-electron chi connectivity index (χ0n) is 40.6. The molecule has 0 radical (unpaired) electrons. The maximum Gasteiger partial charge on any atom is 0.180 e. The maximum atomic E-state index is 6.76. The van der Waals surface area contributed by atoms with E-state index in [4.69, 9.17) is 14.4 Å². The molecule has 0 saturated carbocycles. The fraction of sp³-hybridized carbons (Fsp3) is 0.0286. The average molecular weight is 993 g/mol. The lowest BCUT2D eigenvalue weighted by Crippen LogP contribution is -1.90. The highest BCUT2D eigenvalue weighted by molar-refractivity contribution is 7.26. The number of furan rings is 1. The van der Waals surface area contributed by atoms with Crippen LogP contribution in [0, 0.1) is 0 Å². The molecule has 75 heavy (non-hydrogen) atoms. The predicted octanol–water partition coefficient (Wildman–Crippen LogP) is 20.5. The molecule has 352 valence electrons. The number of fused-ring (bicyclic) bond motifs is 9. The highest BCUT2D eigenvalue weighted by atomic mass is 32.1. The van der Waals surface area contributed by atoms with Gasteiger partial charge >= 0.3 is 0 Å². The third kappa shape index (κ3) is 7.62. The summed E-state index contributed by atoms with van der Waals surface area (Å²) in [6.07, 6.45) is 10.8. The Morgan fingerprint density at radius 1 is 0.360 bits per heavy atom. The first-order valence-corrected chi connectivity index (χ1v) is 27.2. The number of allylic oxidation sites excluding steroid dienone is 4. The first-order chi connectivity index (χ1) is 37.1. The molecule has 4 aromatic heterocycles. The monoisotopic (exact) mass is 992 g/mol. The second-order valence-electron chi connectivity index (χ2n) is 19.5. The van der Waals surface area contributed by atoms with Gasteiger partial charge in [-0.05, 0) is 152 Å². The van der Waals surface area contributed by atoms with Gasteiger partial charge in [-0.1, -0.05) is 164 Å². The molecule has 0 unspecified atom stereocenters. The van der Waals surface area contributed by atoms with E-state index < -0.39 is 0 Å². The van der Waals surface area contributed by atoms with Crippen LogP contribution in [-0.2, 0) is 0 Å². The summed E-state index contributed by atoms with van der Waals surface area (Å²) in [6, 6.07) is 79.7. The van der Waals surface area contributed by atoms with Crippen molar-refractivity contribution >= 4 is 90.7 Å². The average Bonchev–Trinajstić information content (AvgIpc) is 4.22. The smallest absolute Gasteiger partial charge is 0.180 e. The molecule has 0 saturated heterocycles. The minimum Gasteiger partial charge on any atom is -0.452 e. The molecule has 0 amide bonds. The van der Waals surface area contributed by atoms with E-state index in [9.17, 15) is 0 Å². The summed E-state index contributed by atoms with van der Waals surface area (Å²) in [4.78, 5) is 9.83. The molecule has 10 aromatic carbocycles. The zero-order valence-corrected chi connectivity index (χ0v) is 42.3. The lowest BCUT2D eigenvalue weighted by atomic mass is 9.92. The number of hydrogen-bond acceptors (Lipinski definition) is 5. The third-order valence-electron chi connectivity index (χ3n) is 15.0. The molecule has 0 atom stereocenters. The first kappa shape index (κ1) is 43.6. The number of thiophene rings is 2. The van der Waals surface area contributed by atoms with E-state index in [-0.39, 0.29) is 0 Å². The lowest BCUT2D eigenvalue weighted by molar-refractivity contribution is 0.667. The predicted molar refractivity (Wildman–Crippen MR) is 319 cm³/mol. The SMILES string of the molecule is C1=CC(c2cc(-c3cccc(-c4ncnc5c4oc4ccc(-c6cccc(-c7cc(-c8ccccc8)cc8c7sc7ccc(-c9ccccc9)cc78)c6)cc45)c3)c3sc4ccc(-c5ccccc5)cc4c3c2)=CCC1. The molecule has 0 N–H and O–H groups in total. The second-order valence-corrected chi connectivity index (χ2v) is 21.6. The van der Waals surface area contributed by atoms with Crippen LogP contribution in [0.15, 0.2) is 247 Å². The van der Waals surface area contributed by atoms with Gasteiger partial charge in [0.25, 0.3) is 0 Å². The van der Waals surface area contributed by atoms with E-state index in [0.717, 1.165) is 57.3 Å². The van der Waals surface area contributed by atoms with Gasteiger partial charge in [-0.3, -0.25) is 0 Å². The largest absolute Gasteiger partial charge is 0.452 e. The van der Waals surface area contributed by atoms with E-state index >= 15 is 0 Å². The summed E-state index contributed by atoms with van der Waals surface area (Å²) in [5.74, 6) is 0. The highest BCUT2D eigenvalue weighted by Gasteiger charge is 2.21. The summed E-state index contributed by atoms with van der Waals surface area (Å²) in [7, 11) is 0. The van der Waals surface area contributed by atoms with Gasteiger partial charge in [-0.15, -0.1) is 22.7 Å². The van der Waals surface area contributed by atoms with Crippen LogP contribution in [0.2, 0.25) is 0 Å². The van der Waals surface area contributed by atoms with Crippen LogP contribution in [0.5, 0.6) is 0 Å². The van der Waals surface area contributed by atoms with Gasteiger partial charge < -0.3 is 4.42 Å². The third-order valence-corrected chi connectivity index (χ3v) is 17.4. The van der Waals surface area contributed by atoms with E-state index in [1.54, 1.807) is 6.33 Å². The normalized spacial score (nSPS) is 12.7. The van der Waals surface area contributed by atoms with Crippen molar-refractivity contribution < 1.29 is 4.42 Å². The number of nitrogens with zero attached hydrogens (tertiary/aromatic N) is 2. The second kappa shape index (κ2) is 17.9. The molecule has 15 rings (SSSR count). The molecule has 0 fully saturated rings. The van der Waals surface area contributed by atoms with Crippen LogP contribution in [0.4, 0.5) is 0 Å². The van der Waals surface area contributed by atoms with Gasteiger partial charge in [0, 0.05) is 62.4 Å². The molecule has 0 aliphatic heterocycles. The molecule has 1 aliphatic rings. The molecule has 0 bridgehead atoms. The van der Waals surface area contributed by atoms with E-state index in [1.807, 2.05) is 22.7 Å². The van der Waals surface area contributed by atoms with Crippen LogP contribution in [-0.4, -0.2) is 9.97 Å². The van der Waals surface area contributed by atoms with Gasteiger partial charge in [0.2, 0.25) is 0 Å². The van der Waals surface area contributed by atoms with Gasteiger partial charge in [0.15, 0.2) is 5.58 Å². The molecule has 1 aliphatic carbocycles. The molecule has 4 heterocycles. The first-order valence-electron chi connectivity index (χ1n) is 25.6. The molecular formula is C70H44N2OS2. The lowest BCUT2D eigenvalue weighted by Gasteiger charge is -2.12. The van der Waals surface area contributed by atoms with Crippen LogP contribution >= 0.6 is 22.7 Å². The summed E-state index contributed by atoms with van der Waals surface area (Å²) < 4.78 is 11.9. The van der Waals surface area contributed by atoms with Crippen molar-refractivity contribution in [2.75, 3.05) is 0 Å². The number of rotatable bonds is 8. The summed E-state index contributed by atoms with van der Waals surface area (Å²) in [5, 5.41) is 6.08. The van der Waals surface area contributed by atoms with Crippen LogP contribution in [0.3, 0.4) is 0 Å². The van der Waals surface area contributed by atoms with Gasteiger partial charge in [0.1, 0.15) is 23.1 Å². The van der Waals surface area contributed by atoms with Crippen molar-refractivity contribution in [3.63, 3.8) is 0 Å². The van der Waals surface area contributed by atoms with Crippen LogP contribution in [0.25, 0.3) is 146 Å². The minimum absolute atomic E-state index is 0.683. The Morgan fingerprint density at radius 2 is 0.853 bits per heavy atom. The van der Waals surface area contributed by atoms with E-state index in [2.05, 4.69) is 237 Å². The van der Waals surface area contributed by atoms with E-state index in [1.165, 1.54) is 102 Å². The van der Waals surface area contributed by atoms with Crippen LogP contribution < -0.4 is 0 Å². The topological polar surface area (TPSA) is 38.9 Å². The van der Waals surface area contributed by atoms with Crippen LogP contribution in [0.1, 0.15) is 18.4 Å². The Kier molecular flexibility index (Phi) is 10.4. The zero-order chi connectivity index (χ0) is 49.4. The summed E-state index contributed by atoms with van der Waals surface area (Å²) in [6.45, 7) is 0. The van der Waals surface area contributed by atoms with Crippen molar-refractivity contribution in [3.8, 4) is 78.0 Å². The van der Waals surface area contributed by atoms with Gasteiger partial charge in [-0.25, -0.2) is 9.97 Å². The van der Waals surface area contributed by atoms with Gasteiger partial charge in [-0.2, -0.15) is 0 Å². The van der Waals surface area contributed by atoms with Crippen molar-refractivity contribution in [1.29, 1.82) is 0 Å². The van der Waals surface area contributed by atoms with Gasteiger partial charge in [0.05, 0.1) is 0 Å². The Hall–Kier alpha value is -9.00. The fourth-order valence-corrected chi connectivity index (χ4v) is 13.7. The number of benzene rings is 10.